The lowest BCUT2D eigenvalue weighted by Gasteiger charge is -2.08. The van der Waals surface area contributed by atoms with Gasteiger partial charge in [0.1, 0.15) is 5.76 Å². The fourth-order valence-electron chi connectivity index (χ4n) is 1.39. The molecule has 0 amide bonds. The van der Waals surface area contributed by atoms with E-state index in [1.54, 1.807) is 6.26 Å². The van der Waals surface area contributed by atoms with E-state index < -0.39 is 5.97 Å². The number of hydrogen-bond acceptors (Lipinski definition) is 5. The van der Waals surface area contributed by atoms with Crippen molar-refractivity contribution in [2.75, 3.05) is 0 Å². The highest BCUT2D eigenvalue weighted by Gasteiger charge is 2.12. The van der Waals surface area contributed by atoms with Gasteiger partial charge in [0.15, 0.2) is 11.5 Å². The summed E-state index contributed by atoms with van der Waals surface area (Å²) < 4.78 is 10.1. The van der Waals surface area contributed by atoms with Crippen molar-refractivity contribution in [1.82, 2.24) is 10.5 Å². The van der Waals surface area contributed by atoms with E-state index in [2.05, 4.69) is 10.5 Å². The van der Waals surface area contributed by atoms with E-state index in [0.29, 0.717) is 12.3 Å². The quantitative estimate of drug-likeness (QED) is 0.823. The molecule has 0 aliphatic rings. The second kappa shape index (κ2) is 4.84. The van der Waals surface area contributed by atoms with Crippen molar-refractivity contribution in [3.8, 4) is 0 Å². The Kier molecular flexibility index (Phi) is 3.24. The second-order valence-corrected chi connectivity index (χ2v) is 3.60. The molecule has 2 heterocycles. The van der Waals surface area contributed by atoms with Crippen LogP contribution in [0.15, 0.2) is 33.4 Å². The molecule has 6 nitrogen and oxygen atoms in total. The zero-order chi connectivity index (χ0) is 12.3. The fourth-order valence-corrected chi connectivity index (χ4v) is 1.39. The Morgan fingerprint density at radius 1 is 1.65 bits per heavy atom. The largest absolute Gasteiger partial charge is 0.476 e. The van der Waals surface area contributed by atoms with Crippen LogP contribution in [0.25, 0.3) is 0 Å². The van der Waals surface area contributed by atoms with E-state index in [1.807, 2.05) is 19.1 Å². The van der Waals surface area contributed by atoms with Crippen LogP contribution in [0.1, 0.15) is 35.0 Å². The van der Waals surface area contributed by atoms with Crippen molar-refractivity contribution < 1.29 is 18.8 Å². The minimum absolute atomic E-state index is 0.0170. The van der Waals surface area contributed by atoms with Crippen molar-refractivity contribution in [2.24, 2.45) is 0 Å². The van der Waals surface area contributed by atoms with Crippen molar-refractivity contribution in [3.63, 3.8) is 0 Å². The molecule has 0 aliphatic heterocycles. The maximum Gasteiger partial charge on any atom is 0.358 e. The number of aromatic carboxylic acids is 1. The lowest BCUT2D eigenvalue weighted by Crippen LogP contribution is -2.17. The van der Waals surface area contributed by atoms with Crippen molar-refractivity contribution in [2.45, 2.75) is 19.5 Å². The highest BCUT2D eigenvalue weighted by Crippen LogP contribution is 2.13. The molecule has 2 aromatic rings. The normalized spacial score (nSPS) is 12.5. The standard InChI is InChI=1S/C11H12N2O4/c1-7(10-3-2-4-16-10)12-6-8-5-9(11(14)15)13-17-8/h2-5,7,12H,6H2,1H3,(H,14,15). The van der Waals surface area contributed by atoms with Gasteiger partial charge in [-0.05, 0) is 19.1 Å². The molecule has 2 rings (SSSR count). The van der Waals surface area contributed by atoms with Gasteiger partial charge < -0.3 is 19.4 Å². The number of carboxylic acids is 1. The van der Waals surface area contributed by atoms with Gasteiger partial charge in [0.2, 0.25) is 0 Å². The highest BCUT2D eigenvalue weighted by molar-refractivity contribution is 5.85. The maximum atomic E-state index is 10.6. The summed E-state index contributed by atoms with van der Waals surface area (Å²) in [5.41, 5.74) is -0.0903. The molecule has 1 unspecified atom stereocenters. The number of nitrogens with zero attached hydrogens (tertiary/aromatic N) is 1. The highest BCUT2D eigenvalue weighted by atomic mass is 16.5. The summed E-state index contributed by atoms with van der Waals surface area (Å²) in [6, 6.07) is 5.08. The van der Waals surface area contributed by atoms with Crippen molar-refractivity contribution in [1.29, 1.82) is 0 Å². The van der Waals surface area contributed by atoms with Crippen molar-refractivity contribution in [3.05, 3.63) is 41.7 Å². The van der Waals surface area contributed by atoms with E-state index in [4.69, 9.17) is 14.0 Å². The molecule has 6 heteroatoms. The van der Waals surface area contributed by atoms with Gasteiger partial charge in [-0.3, -0.25) is 0 Å². The van der Waals surface area contributed by atoms with Crippen LogP contribution in [-0.2, 0) is 6.54 Å². The van der Waals surface area contributed by atoms with Gasteiger partial charge in [0.05, 0.1) is 18.8 Å². The first-order valence-corrected chi connectivity index (χ1v) is 5.12. The van der Waals surface area contributed by atoms with Crippen LogP contribution in [0.5, 0.6) is 0 Å². The van der Waals surface area contributed by atoms with Gasteiger partial charge in [-0.15, -0.1) is 0 Å². The smallest absolute Gasteiger partial charge is 0.358 e. The van der Waals surface area contributed by atoms with Crippen LogP contribution < -0.4 is 5.32 Å². The molecule has 0 spiro atoms. The van der Waals surface area contributed by atoms with Gasteiger partial charge in [-0.2, -0.15) is 0 Å². The Morgan fingerprint density at radius 2 is 2.47 bits per heavy atom. The van der Waals surface area contributed by atoms with E-state index in [-0.39, 0.29) is 11.7 Å². The van der Waals surface area contributed by atoms with E-state index in [1.165, 1.54) is 6.07 Å². The van der Waals surface area contributed by atoms with Crippen LogP contribution >= 0.6 is 0 Å². The Labute approximate surface area is 97.2 Å². The third kappa shape index (κ3) is 2.73. The summed E-state index contributed by atoms with van der Waals surface area (Å²) in [5, 5.41) is 15.2. The molecule has 2 aromatic heterocycles. The van der Waals surface area contributed by atoms with Crippen LogP contribution in [-0.4, -0.2) is 16.2 Å². The summed E-state index contributed by atoms with van der Waals surface area (Å²) in [6.45, 7) is 2.33. The third-order valence-electron chi connectivity index (χ3n) is 2.33. The molecule has 0 saturated carbocycles. The Hall–Kier alpha value is -2.08. The first-order chi connectivity index (χ1) is 8.16. The lowest BCUT2D eigenvalue weighted by atomic mass is 10.2. The zero-order valence-electron chi connectivity index (χ0n) is 9.21. The van der Waals surface area contributed by atoms with Crippen LogP contribution in [0.4, 0.5) is 0 Å². The predicted octanol–water partition coefficient (Wildman–Crippen LogP) is 1.82. The second-order valence-electron chi connectivity index (χ2n) is 3.60. The van der Waals surface area contributed by atoms with Gasteiger partial charge in [0, 0.05) is 6.07 Å². The van der Waals surface area contributed by atoms with Gasteiger partial charge in [-0.25, -0.2) is 4.79 Å². The monoisotopic (exact) mass is 236 g/mol. The molecular weight excluding hydrogens is 224 g/mol. The van der Waals surface area contributed by atoms with E-state index >= 15 is 0 Å². The number of furan rings is 1. The van der Waals surface area contributed by atoms with Crippen LogP contribution in [0.3, 0.4) is 0 Å². The number of nitrogens with one attached hydrogen (secondary N) is 1. The number of carboxylic acid groups (broad SMARTS) is 1. The molecule has 1 atom stereocenters. The number of hydrogen-bond donors (Lipinski definition) is 2. The first kappa shape index (κ1) is 11.4. The minimum Gasteiger partial charge on any atom is -0.476 e. The summed E-state index contributed by atoms with van der Waals surface area (Å²) in [6.07, 6.45) is 1.60. The molecule has 2 N–H and O–H groups in total. The SMILES string of the molecule is CC(NCc1cc(C(=O)O)no1)c1ccco1. The van der Waals surface area contributed by atoms with Gasteiger partial charge in [-0.1, -0.05) is 5.16 Å². The molecular formula is C11H12N2O4. The van der Waals surface area contributed by atoms with Gasteiger partial charge in [0.25, 0.3) is 0 Å². The molecule has 0 aromatic carbocycles. The van der Waals surface area contributed by atoms with Crippen LogP contribution in [0.2, 0.25) is 0 Å². The number of rotatable bonds is 5. The van der Waals surface area contributed by atoms with E-state index in [0.717, 1.165) is 5.76 Å². The summed E-state index contributed by atoms with van der Waals surface area (Å²) >= 11 is 0. The Morgan fingerprint density at radius 3 is 3.06 bits per heavy atom. The molecule has 0 aliphatic carbocycles. The van der Waals surface area contributed by atoms with Crippen molar-refractivity contribution >= 4 is 5.97 Å². The fraction of sp³-hybridized carbons (Fsp3) is 0.273. The zero-order valence-corrected chi connectivity index (χ0v) is 9.21. The number of aromatic nitrogens is 1. The molecule has 90 valence electrons. The van der Waals surface area contributed by atoms with E-state index in [9.17, 15) is 4.79 Å². The summed E-state index contributed by atoms with van der Waals surface area (Å²) in [4.78, 5) is 10.6. The third-order valence-corrected chi connectivity index (χ3v) is 2.33. The maximum absolute atomic E-state index is 10.6. The molecule has 0 saturated heterocycles. The Balaban J connectivity index is 1.91. The average Bonchev–Trinajstić information content (AvgIpc) is 2.97. The van der Waals surface area contributed by atoms with Crippen LogP contribution in [0, 0.1) is 0 Å². The molecule has 0 fully saturated rings. The molecule has 0 bridgehead atoms. The predicted molar refractivity (Wildman–Crippen MR) is 57.4 cm³/mol. The Bertz CT molecular complexity index is 489. The average molecular weight is 236 g/mol. The topological polar surface area (TPSA) is 88.5 Å². The van der Waals surface area contributed by atoms with Gasteiger partial charge >= 0.3 is 5.97 Å². The first-order valence-electron chi connectivity index (χ1n) is 5.12. The minimum atomic E-state index is -1.10. The lowest BCUT2D eigenvalue weighted by molar-refractivity contribution is 0.0685. The number of carbonyl (C=O) groups is 1. The summed E-state index contributed by atoms with van der Waals surface area (Å²) in [5.74, 6) is 0.183. The summed E-state index contributed by atoms with van der Waals surface area (Å²) in [7, 11) is 0. The molecule has 0 radical (unpaired) electrons. The molecule has 17 heavy (non-hydrogen) atoms.